The van der Waals surface area contributed by atoms with Gasteiger partial charge in [0.15, 0.2) is 0 Å². The molecule has 0 N–H and O–H groups in total. The van der Waals surface area contributed by atoms with E-state index in [1.165, 1.54) is 43.1 Å². The Labute approximate surface area is 245 Å². The Morgan fingerprint density at radius 2 is 0.429 bits per heavy atom. The van der Waals surface area contributed by atoms with E-state index in [9.17, 15) is 0 Å². The van der Waals surface area contributed by atoms with Crippen LogP contribution in [0.3, 0.4) is 0 Å². The first-order valence-electron chi connectivity index (χ1n) is 14.4. The van der Waals surface area contributed by atoms with Gasteiger partial charge in [-0.1, -0.05) is 121 Å². The van der Waals surface area contributed by atoms with Crippen molar-refractivity contribution in [3.8, 4) is 0 Å². The van der Waals surface area contributed by atoms with E-state index >= 15 is 0 Å². The van der Waals surface area contributed by atoms with Crippen molar-refractivity contribution in [1.29, 1.82) is 0 Å². The zero-order valence-corrected chi connectivity index (χ0v) is 23.1. The Morgan fingerprint density at radius 3 is 0.667 bits per heavy atom. The standard InChI is InChI=1S/C40H28N2/c1-5-13-33-25-37(21-17-29(33)9-1)41(38-22-18-30-10-2-6-14-34(30)26-38)42(39-23-19-31-11-3-7-15-35(31)27-39)40-24-20-32-12-4-8-16-36(32)28-40/h1-28H. The number of hydrazine groups is 1. The monoisotopic (exact) mass is 536 g/mol. The summed E-state index contributed by atoms with van der Waals surface area (Å²) < 4.78 is 0. The van der Waals surface area contributed by atoms with Crippen LogP contribution in [-0.4, -0.2) is 0 Å². The molecule has 0 amide bonds. The van der Waals surface area contributed by atoms with E-state index < -0.39 is 0 Å². The zero-order chi connectivity index (χ0) is 27.9. The van der Waals surface area contributed by atoms with Crippen LogP contribution in [-0.2, 0) is 0 Å². The van der Waals surface area contributed by atoms with Crippen molar-refractivity contribution in [3.05, 3.63) is 170 Å². The molecular formula is C40H28N2. The van der Waals surface area contributed by atoms with E-state index in [0.29, 0.717) is 0 Å². The highest BCUT2D eigenvalue weighted by Gasteiger charge is 2.23. The summed E-state index contributed by atoms with van der Waals surface area (Å²) >= 11 is 0. The second kappa shape index (κ2) is 10.1. The van der Waals surface area contributed by atoms with E-state index in [2.05, 4.69) is 180 Å². The van der Waals surface area contributed by atoms with Gasteiger partial charge in [0.25, 0.3) is 0 Å². The molecule has 0 atom stereocenters. The van der Waals surface area contributed by atoms with Gasteiger partial charge in [-0.05, 0) is 91.6 Å². The molecule has 198 valence electrons. The van der Waals surface area contributed by atoms with Crippen LogP contribution in [0.25, 0.3) is 43.1 Å². The molecule has 2 nitrogen and oxygen atoms in total. The third-order valence-electron chi connectivity index (χ3n) is 8.11. The SMILES string of the molecule is c1ccc2cc(N(c3ccc4ccccc4c3)N(c3ccc4ccccc4c3)c3ccc4ccccc4c3)ccc2c1. The fraction of sp³-hybridized carbons (Fsp3) is 0. The van der Waals surface area contributed by atoms with Gasteiger partial charge in [-0.2, -0.15) is 0 Å². The second-order valence-corrected chi connectivity index (χ2v) is 10.7. The summed E-state index contributed by atoms with van der Waals surface area (Å²) in [5.74, 6) is 0. The second-order valence-electron chi connectivity index (χ2n) is 10.7. The minimum absolute atomic E-state index is 1.09. The lowest BCUT2D eigenvalue weighted by Crippen LogP contribution is -2.35. The molecule has 0 bridgehead atoms. The van der Waals surface area contributed by atoms with Gasteiger partial charge in [0.05, 0.1) is 22.7 Å². The molecular weight excluding hydrogens is 508 g/mol. The first-order valence-corrected chi connectivity index (χ1v) is 14.4. The highest BCUT2D eigenvalue weighted by molar-refractivity contribution is 5.95. The van der Waals surface area contributed by atoms with Gasteiger partial charge >= 0.3 is 0 Å². The molecule has 0 saturated carbocycles. The Kier molecular flexibility index (Phi) is 5.82. The third kappa shape index (κ3) is 4.31. The predicted octanol–water partition coefficient (Wildman–Crippen LogP) is 11.2. The average Bonchev–Trinajstić information content (AvgIpc) is 3.06. The first-order chi connectivity index (χ1) is 20.8. The minimum Gasteiger partial charge on any atom is -0.249 e. The Hall–Kier alpha value is -5.60. The molecule has 2 heteroatoms. The van der Waals surface area contributed by atoms with Crippen molar-refractivity contribution in [3.63, 3.8) is 0 Å². The van der Waals surface area contributed by atoms with E-state index in [4.69, 9.17) is 0 Å². The van der Waals surface area contributed by atoms with Crippen molar-refractivity contribution in [2.45, 2.75) is 0 Å². The molecule has 0 fully saturated rings. The number of hydrogen-bond acceptors (Lipinski definition) is 2. The molecule has 8 aromatic carbocycles. The molecule has 0 spiro atoms. The maximum atomic E-state index is 2.35. The van der Waals surface area contributed by atoms with Crippen LogP contribution < -0.4 is 10.0 Å². The number of nitrogens with zero attached hydrogens (tertiary/aromatic N) is 2. The molecule has 0 radical (unpaired) electrons. The first kappa shape index (κ1) is 24.2. The molecule has 8 aromatic rings. The highest BCUT2D eigenvalue weighted by atomic mass is 15.6. The maximum Gasteiger partial charge on any atom is 0.0643 e. The largest absolute Gasteiger partial charge is 0.249 e. The fourth-order valence-electron chi connectivity index (χ4n) is 5.99. The molecule has 0 aliphatic rings. The van der Waals surface area contributed by atoms with Crippen LogP contribution in [0.15, 0.2) is 170 Å². The van der Waals surface area contributed by atoms with Crippen molar-refractivity contribution in [2.24, 2.45) is 0 Å². The number of rotatable bonds is 5. The number of hydrogen-bond donors (Lipinski definition) is 0. The summed E-state index contributed by atoms with van der Waals surface area (Å²) in [5.41, 5.74) is 4.35. The van der Waals surface area contributed by atoms with E-state index in [-0.39, 0.29) is 0 Å². The highest BCUT2D eigenvalue weighted by Crippen LogP contribution is 2.40. The zero-order valence-electron chi connectivity index (χ0n) is 23.1. The summed E-state index contributed by atoms with van der Waals surface area (Å²) in [6, 6.07) is 61.2. The van der Waals surface area contributed by atoms with Crippen LogP contribution in [0, 0.1) is 0 Å². The predicted molar refractivity (Wildman–Crippen MR) is 180 cm³/mol. The summed E-state index contributed by atoms with van der Waals surface area (Å²) in [6.45, 7) is 0. The normalized spacial score (nSPS) is 11.3. The third-order valence-corrected chi connectivity index (χ3v) is 8.11. The van der Waals surface area contributed by atoms with Gasteiger partial charge < -0.3 is 0 Å². The molecule has 0 unspecified atom stereocenters. The molecule has 8 rings (SSSR count). The van der Waals surface area contributed by atoms with Gasteiger partial charge in [0.2, 0.25) is 0 Å². The number of anilines is 4. The minimum atomic E-state index is 1.09. The number of fused-ring (bicyclic) bond motifs is 4. The summed E-state index contributed by atoms with van der Waals surface area (Å²) in [6.07, 6.45) is 0. The molecule has 0 aliphatic heterocycles. The van der Waals surface area contributed by atoms with Gasteiger partial charge in [0.1, 0.15) is 0 Å². The van der Waals surface area contributed by atoms with Crippen molar-refractivity contribution in [1.82, 2.24) is 0 Å². The lowest BCUT2D eigenvalue weighted by atomic mass is 10.1. The molecule has 0 aromatic heterocycles. The average molecular weight is 537 g/mol. The fourth-order valence-corrected chi connectivity index (χ4v) is 5.99. The van der Waals surface area contributed by atoms with E-state index in [1.54, 1.807) is 0 Å². The molecule has 0 heterocycles. The maximum absolute atomic E-state index is 2.35. The van der Waals surface area contributed by atoms with Crippen LogP contribution >= 0.6 is 0 Å². The van der Waals surface area contributed by atoms with Crippen molar-refractivity contribution < 1.29 is 0 Å². The lowest BCUT2D eigenvalue weighted by molar-refractivity contribution is 0.995. The summed E-state index contributed by atoms with van der Waals surface area (Å²) in [5, 5.41) is 14.4. The topological polar surface area (TPSA) is 6.48 Å². The van der Waals surface area contributed by atoms with E-state index in [0.717, 1.165) is 22.7 Å². The Balaban J connectivity index is 1.42. The lowest BCUT2D eigenvalue weighted by Gasteiger charge is -2.39. The van der Waals surface area contributed by atoms with Crippen LogP contribution in [0.4, 0.5) is 22.7 Å². The van der Waals surface area contributed by atoms with Crippen LogP contribution in [0.1, 0.15) is 0 Å². The van der Waals surface area contributed by atoms with Crippen LogP contribution in [0.5, 0.6) is 0 Å². The molecule has 0 saturated heterocycles. The summed E-state index contributed by atoms with van der Waals surface area (Å²) in [4.78, 5) is 0. The smallest absolute Gasteiger partial charge is 0.0643 e. The quantitative estimate of drug-likeness (QED) is 0.202. The van der Waals surface area contributed by atoms with Crippen molar-refractivity contribution >= 4 is 65.8 Å². The summed E-state index contributed by atoms with van der Waals surface area (Å²) in [7, 11) is 0. The number of benzene rings is 8. The van der Waals surface area contributed by atoms with Gasteiger partial charge in [-0.25, -0.2) is 10.0 Å². The molecule has 0 aliphatic carbocycles. The van der Waals surface area contributed by atoms with Gasteiger partial charge in [0, 0.05) is 0 Å². The van der Waals surface area contributed by atoms with Gasteiger partial charge in [-0.15, -0.1) is 0 Å². The van der Waals surface area contributed by atoms with Crippen LogP contribution in [0.2, 0.25) is 0 Å². The van der Waals surface area contributed by atoms with E-state index in [1.807, 2.05) is 0 Å². The molecule has 42 heavy (non-hydrogen) atoms. The van der Waals surface area contributed by atoms with Crippen molar-refractivity contribution in [2.75, 3.05) is 10.0 Å². The Morgan fingerprint density at radius 1 is 0.214 bits per heavy atom. The van der Waals surface area contributed by atoms with Gasteiger partial charge in [-0.3, -0.25) is 0 Å². The Bertz CT molecular complexity index is 1910.